The molecular formula is C51H52F3N7O7S2. The predicted octanol–water partition coefficient (Wildman–Crippen LogP) is 8.20. The van der Waals surface area contributed by atoms with Gasteiger partial charge in [-0.15, -0.1) is 11.3 Å². The molecule has 4 aromatic carbocycles. The Morgan fingerprint density at radius 3 is 2.14 bits per heavy atom. The highest BCUT2D eigenvalue weighted by Gasteiger charge is 2.51. The van der Waals surface area contributed by atoms with Crippen molar-refractivity contribution in [3.05, 3.63) is 124 Å². The van der Waals surface area contributed by atoms with Crippen molar-refractivity contribution in [3.8, 4) is 28.0 Å². The average Bonchev–Trinajstić information content (AvgIpc) is 3.99. The molecule has 3 heterocycles. The molecule has 1 aromatic heterocycles. The lowest BCUT2D eigenvalue weighted by Crippen LogP contribution is -2.57. The van der Waals surface area contributed by atoms with Gasteiger partial charge in [0.25, 0.3) is 11.8 Å². The number of nitriles is 1. The third-order valence-corrected chi connectivity index (χ3v) is 13.4. The number of β-amino-alcohol motifs (C(OH)–C–C–N with tert-alkyl or cyclic N) is 1. The molecule has 0 bridgehead atoms. The zero-order valence-corrected chi connectivity index (χ0v) is 40.9. The van der Waals surface area contributed by atoms with Crippen LogP contribution in [0.4, 0.5) is 24.5 Å². The Morgan fingerprint density at radius 2 is 1.57 bits per heavy atom. The van der Waals surface area contributed by atoms with E-state index in [2.05, 4.69) is 15.6 Å². The van der Waals surface area contributed by atoms with Gasteiger partial charge in [-0.05, 0) is 116 Å². The van der Waals surface area contributed by atoms with Gasteiger partial charge in [-0.1, -0.05) is 45.0 Å². The topological polar surface area (TPSA) is 177 Å². The molecule has 19 heteroatoms. The number of amides is 4. The van der Waals surface area contributed by atoms with E-state index in [0.717, 1.165) is 38.7 Å². The van der Waals surface area contributed by atoms with Gasteiger partial charge in [-0.25, -0.2) is 4.98 Å². The summed E-state index contributed by atoms with van der Waals surface area (Å²) in [6, 6.07) is 23.6. The van der Waals surface area contributed by atoms with E-state index in [9.17, 15) is 42.7 Å². The van der Waals surface area contributed by atoms with Crippen LogP contribution < -0.4 is 29.9 Å². The highest BCUT2D eigenvalue weighted by Crippen LogP contribution is 2.40. The van der Waals surface area contributed by atoms with Crippen LogP contribution in [0, 0.1) is 23.7 Å². The number of benzene rings is 4. The van der Waals surface area contributed by atoms with Crippen molar-refractivity contribution in [2.75, 3.05) is 29.6 Å². The molecule has 70 heavy (non-hydrogen) atoms. The molecule has 0 unspecified atom stereocenters. The number of hydrogen-bond donors (Lipinski definition) is 3. The van der Waals surface area contributed by atoms with E-state index in [-0.39, 0.29) is 49.1 Å². The van der Waals surface area contributed by atoms with Crippen molar-refractivity contribution in [2.24, 2.45) is 5.41 Å². The first-order valence-corrected chi connectivity index (χ1v) is 23.7. The normalized spacial score (nSPS) is 17.3. The fraction of sp³-hybridized carbons (Fsp3) is 0.353. The number of thiazole rings is 1. The fourth-order valence-corrected chi connectivity index (χ4v) is 9.62. The minimum atomic E-state index is -4.81. The molecule has 4 amide bonds. The second kappa shape index (κ2) is 20.6. The predicted molar refractivity (Wildman–Crippen MR) is 262 cm³/mol. The van der Waals surface area contributed by atoms with Gasteiger partial charge < -0.3 is 35.0 Å². The lowest BCUT2D eigenvalue weighted by atomic mass is 9.85. The van der Waals surface area contributed by atoms with Gasteiger partial charge in [0.2, 0.25) is 11.8 Å². The van der Waals surface area contributed by atoms with E-state index < -0.39 is 70.1 Å². The van der Waals surface area contributed by atoms with Crippen molar-refractivity contribution in [2.45, 2.75) is 90.8 Å². The van der Waals surface area contributed by atoms with Crippen molar-refractivity contribution in [3.63, 3.8) is 0 Å². The zero-order valence-electron chi connectivity index (χ0n) is 39.3. The van der Waals surface area contributed by atoms with Crippen LogP contribution in [0.3, 0.4) is 0 Å². The standard InChI is InChI=1S/C51H52F3N7O7S2/c1-30-42(70-29-57-30)32-10-8-31(9-11-32)27-56-45(64)41-25-37(62)28-59(41)46(65)43(49(2,3)4)58-44(63)33-13-18-38(19-14-33)67-22-7-23-68-39-20-16-35(17-21-39)61-48(69)60(47(66)50(61,5)6)36-15-12-34(26-55)40(24-36)51(52,53)54/h8-21,24,29,37,41,43,62H,7,22-23,25,27-28H2,1-6H3,(H,56,64)(H,58,63)/t37-,41+,43-/m1/s1. The second-order valence-electron chi connectivity index (χ2n) is 18.6. The Morgan fingerprint density at radius 1 is 0.957 bits per heavy atom. The molecule has 5 aromatic rings. The number of halogens is 3. The first-order chi connectivity index (χ1) is 33.1. The second-order valence-corrected chi connectivity index (χ2v) is 19.8. The summed E-state index contributed by atoms with van der Waals surface area (Å²) in [4.78, 5) is 64.1. The zero-order chi connectivity index (χ0) is 50.7. The third kappa shape index (κ3) is 11.1. The summed E-state index contributed by atoms with van der Waals surface area (Å²) in [6.07, 6.45) is -5.17. The lowest BCUT2D eigenvalue weighted by Gasteiger charge is -2.35. The lowest BCUT2D eigenvalue weighted by molar-refractivity contribution is -0.142. The highest BCUT2D eigenvalue weighted by molar-refractivity contribution is 7.81. The van der Waals surface area contributed by atoms with Gasteiger partial charge in [-0.3, -0.25) is 24.1 Å². The summed E-state index contributed by atoms with van der Waals surface area (Å²) >= 11 is 7.19. The van der Waals surface area contributed by atoms with Gasteiger partial charge in [0, 0.05) is 37.2 Å². The largest absolute Gasteiger partial charge is 0.493 e. The van der Waals surface area contributed by atoms with Gasteiger partial charge in [0.05, 0.1) is 58.3 Å². The summed E-state index contributed by atoms with van der Waals surface area (Å²) in [6.45, 7) is 11.4. The van der Waals surface area contributed by atoms with Gasteiger partial charge in [0.1, 0.15) is 29.1 Å². The number of aromatic nitrogens is 1. The Kier molecular flexibility index (Phi) is 15.0. The molecule has 2 aliphatic heterocycles. The maximum atomic E-state index is 14.1. The Balaban J connectivity index is 0.884. The maximum Gasteiger partial charge on any atom is 0.417 e. The van der Waals surface area contributed by atoms with E-state index in [1.807, 2.05) is 52.0 Å². The number of nitrogens with one attached hydrogen (secondary N) is 2. The van der Waals surface area contributed by atoms with Crippen molar-refractivity contribution >= 4 is 63.7 Å². The third-order valence-electron chi connectivity index (χ3n) is 12.1. The summed E-state index contributed by atoms with van der Waals surface area (Å²) < 4.78 is 53.0. The monoisotopic (exact) mass is 995 g/mol. The van der Waals surface area contributed by atoms with Crippen molar-refractivity contribution in [1.29, 1.82) is 5.26 Å². The first-order valence-electron chi connectivity index (χ1n) is 22.4. The number of thiocarbonyl (C=S) groups is 1. The van der Waals surface area contributed by atoms with E-state index in [1.165, 1.54) is 11.0 Å². The van der Waals surface area contributed by atoms with Crippen LogP contribution in [0.2, 0.25) is 0 Å². The number of anilines is 2. The number of aryl methyl sites for hydroxylation is 1. The number of hydrogen-bond acceptors (Lipinski definition) is 11. The molecule has 2 saturated heterocycles. The molecular weight excluding hydrogens is 944 g/mol. The number of alkyl halides is 3. The first kappa shape index (κ1) is 51.0. The van der Waals surface area contributed by atoms with Crippen LogP contribution in [0.15, 0.2) is 96.5 Å². The Hall–Kier alpha value is -6.88. The average molecular weight is 996 g/mol. The molecule has 3 atom stereocenters. The van der Waals surface area contributed by atoms with Crippen LogP contribution in [0.25, 0.3) is 10.4 Å². The molecule has 2 fully saturated rings. The van der Waals surface area contributed by atoms with Crippen LogP contribution in [-0.2, 0) is 27.1 Å². The van der Waals surface area contributed by atoms with Gasteiger partial charge in [0.15, 0.2) is 5.11 Å². The van der Waals surface area contributed by atoms with Crippen molar-refractivity contribution < 1.29 is 46.9 Å². The summed E-state index contributed by atoms with van der Waals surface area (Å²) in [5, 5.41) is 25.6. The minimum absolute atomic E-state index is 0.0239. The van der Waals surface area contributed by atoms with Gasteiger partial charge in [-0.2, -0.15) is 18.4 Å². The molecule has 3 N–H and O–H groups in total. The van der Waals surface area contributed by atoms with E-state index >= 15 is 0 Å². The number of carbonyl (C=O) groups excluding carboxylic acids is 4. The Bertz CT molecular complexity index is 2810. The number of likely N-dealkylation sites (tertiary alicyclic amines) is 1. The molecule has 0 aliphatic carbocycles. The SMILES string of the molecule is Cc1ncsc1-c1ccc(CNC(=O)[C@@H]2C[C@@H](O)CN2C(=O)[C@@H](NC(=O)c2ccc(OCCCOc3ccc(N4C(=S)N(c5ccc(C#N)c(C(F)(F)F)c5)C(=O)C4(C)C)cc3)cc2)C(C)(C)C)cc1. The molecule has 2 aliphatic rings. The van der Waals surface area contributed by atoms with Crippen molar-refractivity contribution in [1.82, 2.24) is 20.5 Å². The minimum Gasteiger partial charge on any atom is -0.493 e. The summed E-state index contributed by atoms with van der Waals surface area (Å²) in [5.74, 6) is -0.898. The fourth-order valence-electron chi connectivity index (χ4n) is 8.29. The van der Waals surface area contributed by atoms with Crippen LogP contribution in [-0.4, -0.2) is 87.2 Å². The highest BCUT2D eigenvalue weighted by atomic mass is 32.1. The van der Waals surface area contributed by atoms with Crippen LogP contribution >= 0.6 is 23.6 Å². The van der Waals surface area contributed by atoms with Crippen LogP contribution in [0.1, 0.15) is 80.2 Å². The smallest absolute Gasteiger partial charge is 0.417 e. The molecule has 0 spiro atoms. The Labute approximate surface area is 413 Å². The molecule has 14 nitrogen and oxygen atoms in total. The van der Waals surface area contributed by atoms with Crippen LogP contribution in [0.5, 0.6) is 11.5 Å². The van der Waals surface area contributed by atoms with Gasteiger partial charge >= 0.3 is 6.18 Å². The number of rotatable bonds is 15. The molecule has 7 rings (SSSR count). The number of nitrogens with zero attached hydrogens (tertiary/aromatic N) is 5. The quantitative estimate of drug-likeness (QED) is 0.0681. The number of ether oxygens (including phenoxy) is 2. The van der Waals surface area contributed by atoms with E-state index in [0.29, 0.717) is 23.6 Å². The molecule has 0 radical (unpaired) electrons. The van der Waals surface area contributed by atoms with E-state index in [1.54, 1.807) is 90.2 Å². The maximum absolute atomic E-state index is 14.1. The summed E-state index contributed by atoms with van der Waals surface area (Å²) in [5.41, 5.74) is 1.61. The number of aliphatic hydroxyl groups excluding tert-OH is 1. The summed E-state index contributed by atoms with van der Waals surface area (Å²) in [7, 11) is 0. The number of carbonyl (C=O) groups is 4. The number of aliphatic hydroxyl groups is 1. The van der Waals surface area contributed by atoms with E-state index in [4.69, 9.17) is 21.7 Å². The molecule has 366 valence electrons. The molecule has 0 saturated carbocycles.